The second-order valence-corrected chi connectivity index (χ2v) is 5.32. The number of nitrogens with zero attached hydrogens (tertiary/aromatic N) is 2. The molecule has 3 rings (SSSR count). The highest BCUT2D eigenvalue weighted by molar-refractivity contribution is 7.13. The molecule has 0 spiro atoms. The summed E-state index contributed by atoms with van der Waals surface area (Å²) in [4.78, 5) is 0. The SMILES string of the molecule is Fc1ccc(Oc2nnc(CNC3CC3)s2)cc1F. The molecule has 1 fully saturated rings. The molecule has 1 aliphatic carbocycles. The Kier molecular flexibility index (Phi) is 3.39. The van der Waals surface area contributed by atoms with E-state index in [0.29, 0.717) is 17.8 Å². The van der Waals surface area contributed by atoms with Gasteiger partial charge in [-0.05, 0) is 25.0 Å². The molecule has 0 aliphatic heterocycles. The van der Waals surface area contributed by atoms with Gasteiger partial charge in [0.1, 0.15) is 10.8 Å². The van der Waals surface area contributed by atoms with E-state index in [1.807, 2.05) is 0 Å². The quantitative estimate of drug-likeness (QED) is 0.916. The minimum absolute atomic E-state index is 0.205. The average Bonchev–Trinajstić information content (AvgIpc) is 3.12. The summed E-state index contributed by atoms with van der Waals surface area (Å²) in [6.45, 7) is 0.656. The van der Waals surface area contributed by atoms with E-state index in [9.17, 15) is 8.78 Å². The molecule has 0 unspecified atom stereocenters. The van der Waals surface area contributed by atoms with Crippen LogP contribution >= 0.6 is 11.3 Å². The summed E-state index contributed by atoms with van der Waals surface area (Å²) in [6.07, 6.45) is 2.41. The van der Waals surface area contributed by atoms with E-state index in [1.165, 1.54) is 30.2 Å². The van der Waals surface area contributed by atoms with Crippen LogP contribution in [0.1, 0.15) is 17.8 Å². The van der Waals surface area contributed by atoms with E-state index in [1.54, 1.807) is 0 Å². The number of hydrogen-bond donors (Lipinski definition) is 1. The minimum atomic E-state index is -0.947. The Morgan fingerprint density at radius 2 is 2.11 bits per heavy atom. The maximum atomic E-state index is 13.0. The zero-order valence-corrected chi connectivity index (χ0v) is 10.7. The number of aromatic nitrogens is 2. The largest absolute Gasteiger partial charge is 0.430 e. The third-order valence-electron chi connectivity index (χ3n) is 2.66. The van der Waals surface area contributed by atoms with Gasteiger partial charge in [0.2, 0.25) is 0 Å². The highest BCUT2D eigenvalue weighted by Crippen LogP contribution is 2.26. The molecule has 1 aromatic carbocycles. The van der Waals surface area contributed by atoms with Gasteiger partial charge in [-0.2, -0.15) is 0 Å². The molecule has 1 heterocycles. The number of hydrogen-bond acceptors (Lipinski definition) is 5. The normalized spacial score (nSPS) is 14.6. The zero-order valence-electron chi connectivity index (χ0n) is 9.90. The molecule has 7 heteroatoms. The summed E-state index contributed by atoms with van der Waals surface area (Å²) in [5.41, 5.74) is 0. The Bertz CT molecular complexity index is 586. The summed E-state index contributed by atoms with van der Waals surface area (Å²) in [7, 11) is 0. The summed E-state index contributed by atoms with van der Waals surface area (Å²) in [5, 5.41) is 12.3. The Labute approximate surface area is 112 Å². The number of nitrogens with one attached hydrogen (secondary N) is 1. The summed E-state index contributed by atoms with van der Waals surface area (Å²) in [5.74, 6) is -1.65. The monoisotopic (exact) mass is 283 g/mol. The molecule has 1 aliphatic rings. The van der Waals surface area contributed by atoms with Gasteiger partial charge in [-0.15, -0.1) is 5.10 Å². The van der Waals surface area contributed by atoms with Crippen LogP contribution in [0, 0.1) is 11.6 Å². The second-order valence-electron chi connectivity index (χ2n) is 4.29. The Morgan fingerprint density at radius 3 is 2.84 bits per heavy atom. The average molecular weight is 283 g/mol. The van der Waals surface area contributed by atoms with Crippen LogP contribution in [0.3, 0.4) is 0 Å². The Hall–Kier alpha value is -1.60. The molecule has 1 saturated carbocycles. The van der Waals surface area contributed by atoms with Gasteiger partial charge in [0, 0.05) is 12.1 Å². The number of rotatable bonds is 5. The van der Waals surface area contributed by atoms with Gasteiger partial charge < -0.3 is 10.1 Å². The summed E-state index contributed by atoms with van der Waals surface area (Å²) in [6, 6.07) is 3.95. The fourth-order valence-corrected chi connectivity index (χ4v) is 2.17. The number of benzene rings is 1. The van der Waals surface area contributed by atoms with Crippen LogP contribution in [0.4, 0.5) is 8.78 Å². The predicted molar refractivity (Wildman–Crippen MR) is 66.2 cm³/mol. The molecule has 0 amide bonds. The van der Waals surface area contributed by atoms with Gasteiger partial charge in [0.15, 0.2) is 11.6 Å². The first-order valence-electron chi connectivity index (χ1n) is 5.89. The van der Waals surface area contributed by atoms with E-state index in [-0.39, 0.29) is 5.75 Å². The molecular formula is C12H11F2N3OS. The first kappa shape index (κ1) is 12.4. The van der Waals surface area contributed by atoms with E-state index in [4.69, 9.17) is 4.74 Å². The highest BCUT2D eigenvalue weighted by atomic mass is 32.1. The maximum Gasteiger partial charge on any atom is 0.299 e. The van der Waals surface area contributed by atoms with Crippen molar-refractivity contribution in [3.63, 3.8) is 0 Å². The molecule has 1 N–H and O–H groups in total. The van der Waals surface area contributed by atoms with E-state index < -0.39 is 11.6 Å². The molecule has 0 bridgehead atoms. The van der Waals surface area contributed by atoms with Crippen LogP contribution in [0.2, 0.25) is 0 Å². The van der Waals surface area contributed by atoms with Crippen molar-refractivity contribution in [2.75, 3.05) is 0 Å². The van der Waals surface area contributed by atoms with Crippen molar-refractivity contribution in [1.29, 1.82) is 0 Å². The van der Waals surface area contributed by atoms with Gasteiger partial charge in [0.25, 0.3) is 5.19 Å². The van der Waals surface area contributed by atoms with Crippen molar-refractivity contribution in [3.8, 4) is 10.9 Å². The summed E-state index contributed by atoms with van der Waals surface area (Å²) >= 11 is 1.28. The lowest BCUT2D eigenvalue weighted by atomic mass is 10.3. The van der Waals surface area contributed by atoms with E-state index >= 15 is 0 Å². The molecule has 1 aromatic heterocycles. The Balaban J connectivity index is 1.63. The minimum Gasteiger partial charge on any atom is -0.430 e. The standard InChI is InChI=1S/C12H11F2N3OS/c13-9-4-3-8(5-10(9)14)18-12-17-16-11(19-12)6-15-7-1-2-7/h3-5,7,15H,1-2,6H2. The molecule has 2 aromatic rings. The first-order chi connectivity index (χ1) is 9.20. The lowest BCUT2D eigenvalue weighted by Gasteiger charge is -2.00. The number of halogens is 2. The predicted octanol–water partition coefficient (Wildman–Crippen LogP) is 2.86. The highest BCUT2D eigenvalue weighted by Gasteiger charge is 2.20. The van der Waals surface area contributed by atoms with Crippen LogP contribution in [-0.4, -0.2) is 16.2 Å². The van der Waals surface area contributed by atoms with Crippen LogP contribution < -0.4 is 10.1 Å². The van der Waals surface area contributed by atoms with Gasteiger partial charge in [-0.1, -0.05) is 16.4 Å². The molecule has 4 nitrogen and oxygen atoms in total. The van der Waals surface area contributed by atoms with Crippen molar-refractivity contribution >= 4 is 11.3 Å². The lowest BCUT2D eigenvalue weighted by molar-refractivity contribution is 0.455. The van der Waals surface area contributed by atoms with Crippen LogP contribution in [0.15, 0.2) is 18.2 Å². The second kappa shape index (κ2) is 5.18. The van der Waals surface area contributed by atoms with Gasteiger partial charge in [0.05, 0.1) is 6.54 Å². The van der Waals surface area contributed by atoms with Crippen molar-refractivity contribution < 1.29 is 13.5 Å². The molecular weight excluding hydrogens is 272 g/mol. The van der Waals surface area contributed by atoms with E-state index in [2.05, 4.69) is 15.5 Å². The van der Waals surface area contributed by atoms with Gasteiger partial charge in [-0.3, -0.25) is 0 Å². The molecule has 0 atom stereocenters. The van der Waals surface area contributed by atoms with Gasteiger partial charge in [-0.25, -0.2) is 8.78 Å². The van der Waals surface area contributed by atoms with Crippen molar-refractivity contribution in [2.45, 2.75) is 25.4 Å². The topological polar surface area (TPSA) is 47.0 Å². The van der Waals surface area contributed by atoms with E-state index in [0.717, 1.165) is 17.1 Å². The lowest BCUT2D eigenvalue weighted by Crippen LogP contribution is -2.14. The third-order valence-corrected chi connectivity index (χ3v) is 3.47. The smallest absolute Gasteiger partial charge is 0.299 e. The molecule has 0 saturated heterocycles. The number of ether oxygens (including phenoxy) is 1. The van der Waals surface area contributed by atoms with Crippen LogP contribution in [0.5, 0.6) is 10.9 Å². The molecule has 19 heavy (non-hydrogen) atoms. The first-order valence-corrected chi connectivity index (χ1v) is 6.71. The Morgan fingerprint density at radius 1 is 1.26 bits per heavy atom. The van der Waals surface area contributed by atoms with Crippen molar-refractivity contribution in [1.82, 2.24) is 15.5 Å². The zero-order chi connectivity index (χ0) is 13.2. The van der Waals surface area contributed by atoms with Crippen molar-refractivity contribution in [2.24, 2.45) is 0 Å². The van der Waals surface area contributed by atoms with Crippen LogP contribution in [-0.2, 0) is 6.54 Å². The molecule has 100 valence electrons. The third kappa shape index (κ3) is 3.24. The summed E-state index contributed by atoms with van der Waals surface area (Å²) < 4.78 is 31.1. The molecule has 0 radical (unpaired) electrons. The fraction of sp³-hybridized carbons (Fsp3) is 0.333. The van der Waals surface area contributed by atoms with Gasteiger partial charge >= 0.3 is 0 Å². The maximum absolute atomic E-state index is 13.0. The van der Waals surface area contributed by atoms with Crippen LogP contribution in [0.25, 0.3) is 0 Å². The fourth-order valence-electron chi connectivity index (χ4n) is 1.51. The van der Waals surface area contributed by atoms with Crippen molar-refractivity contribution in [3.05, 3.63) is 34.8 Å².